The van der Waals surface area contributed by atoms with Crippen molar-refractivity contribution in [3.05, 3.63) is 152 Å². The van der Waals surface area contributed by atoms with Gasteiger partial charge in [0, 0.05) is 43.6 Å². The zero-order valence-electron chi connectivity index (χ0n) is 25.2. The van der Waals surface area contributed by atoms with Crippen LogP contribution in [0.1, 0.15) is 0 Å². The van der Waals surface area contributed by atoms with Gasteiger partial charge in [-0.3, -0.25) is 0 Å². The third-order valence-corrected chi connectivity index (χ3v) is 9.22. The molecule has 4 nitrogen and oxygen atoms in total. The lowest BCUT2D eigenvalue weighted by Gasteiger charge is -2.10. The molecule has 0 unspecified atom stereocenters. The summed E-state index contributed by atoms with van der Waals surface area (Å²) in [7, 11) is 0. The highest BCUT2D eigenvalue weighted by Crippen LogP contribution is 2.40. The zero-order valence-corrected chi connectivity index (χ0v) is 25.2. The Labute approximate surface area is 269 Å². The number of hydrogen-bond donors (Lipinski definition) is 0. The summed E-state index contributed by atoms with van der Waals surface area (Å²) in [6, 6.07) is 52.5. The summed E-state index contributed by atoms with van der Waals surface area (Å²) >= 11 is 0. The number of benzene rings is 6. The lowest BCUT2D eigenvalue weighted by atomic mass is 9.99. The van der Waals surface area contributed by atoms with Crippen LogP contribution in [0, 0.1) is 0 Å². The molecule has 0 amide bonds. The van der Waals surface area contributed by atoms with E-state index in [-0.39, 0.29) is 0 Å². The molecule has 0 fully saturated rings. The Morgan fingerprint density at radius 2 is 0.979 bits per heavy atom. The van der Waals surface area contributed by atoms with Gasteiger partial charge < -0.3 is 4.42 Å². The fourth-order valence-electron chi connectivity index (χ4n) is 6.86. The van der Waals surface area contributed by atoms with E-state index in [2.05, 4.69) is 121 Å². The van der Waals surface area contributed by atoms with Gasteiger partial charge >= 0.3 is 0 Å². The van der Waals surface area contributed by atoms with E-state index in [0.29, 0.717) is 0 Å². The minimum atomic E-state index is 0.803. The normalized spacial score (nSPS) is 11.8. The molecule has 10 rings (SSSR count). The summed E-state index contributed by atoms with van der Waals surface area (Å²) in [6.07, 6.45) is 0. The van der Waals surface area contributed by atoms with Gasteiger partial charge in [-0.2, -0.15) is 0 Å². The van der Waals surface area contributed by atoms with E-state index in [1.54, 1.807) is 0 Å². The van der Waals surface area contributed by atoms with Crippen LogP contribution in [0.3, 0.4) is 0 Å². The molecule has 0 aliphatic rings. The quantitative estimate of drug-likeness (QED) is 0.150. The Balaban J connectivity index is 1.12. The third-order valence-electron chi connectivity index (χ3n) is 9.22. The second-order valence-electron chi connectivity index (χ2n) is 12.0. The maximum absolute atomic E-state index is 6.52. The van der Waals surface area contributed by atoms with Crippen LogP contribution in [0.4, 0.5) is 0 Å². The molecule has 4 aromatic heterocycles. The molecule has 0 radical (unpaired) electrons. The number of fused-ring (bicyclic) bond motifs is 9. The van der Waals surface area contributed by atoms with Crippen molar-refractivity contribution in [3.63, 3.8) is 0 Å². The molecule has 47 heavy (non-hydrogen) atoms. The topological polar surface area (TPSA) is 51.8 Å². The molecule has 218 valence electrons. The van der Waals surface area contributed by atoms with E-state index in [0.717, 1.165) is 88.4 Å². The van der Waals surface area contributed by atoms with E-state index in [9.17, 15) is 0 Å². The molecule has 0 N–H and O–H groups in total. The van der Waals surface area contributed by atoms with Gasteiger partial charge in [-0.15, -0.1) is 0 Å². The van der Waals surface area contributed by atoms with Gasteiger partial charge in [0.2, 0.25) is 0 Å². The van der Waals surface area contributed by atoms with Crippen molar-refractivity contribution in [2.75, 3.05) is 0 Å². The first kappa shape index (κ1) is 25.9. The van der Waals surface area contributed by atoms with Crippen molar-refractivity contribution in [3.8, 4) is 33.8 Å². The second kappa shape index (κ2) is 10.1. The minimum Gasteiger partial charge on any atom is -0.454 e. The molecule has 0 saturated heterocycles. The van der Waals surface area contributed by atoms with Crippen molar-refractivity contribution in [2.45, 2.75) is 0 Å². The first-order valence-corrected chi connectivity index (χ1v) is 15.8. The van der Waals surface area contributed by atoms with Gasteiger partial charge in [0.05, 0.1) is 27.9 Å². The Hall–Kier alpha value is -6.39. The molecule has 0 atom stereocenters. The maximum Gasteiger partial charge on any atom is 0.162 e. The van der Waals surface area contributed by atoms with Crippen molar-refractivity contribution >= 4 is 65.4 Å². The summed E-state index contributed by atoms with van der Waals surface area (Å²) in [5.41, 5.74) is 10.2. The Bertz CT molecular complexity index is 2840. The molecule has 0 aliphatic heterocycles. The van der Waals surface area contributed by atoms with Crippen molar-refractivity contribution in [1.82, 2.24) is 15.0 Å². The van der Waals surface area contributed by atoms with E-state index in [1.165, 1.54) is 10.8 Å². The molecule has 0 saturated carbocycles. The Morgan fingerprint density at radius 1 is 0.404 bits per heavy atom. The van der Waals surface area contributed by atoms with Crippen LogP contribution in [0.25, 0.3) is 99.2 Å². The van der Waals surface area contributed by atoms with Crippen LogP contribution < -0.4 is 0 Å². The second-order valence-corrected chi connectivity index (χ2v) is 12.0. The zero-order chi connectivity index (χ0) is 30.9. The SMILES string of the molecule is c1ccc(-c2ccc3ccc4ccc(-c5ccc(-c6nc7cc8ccccc8cc7c7c6oc6ccccc67)cc5)nc4c3n2)cc1. The van der Waals surface area contributed by atoms with Gasteiger partial charge in [0.1, 0.15) is 11.3 Å². The molecule has 4 heterocycles. The number of rotatable bonds is 3. The van der Waals surface area contributed by atoms with Crippen LogP contribution in [0.15, 0.2) is 156 Å². The highest BCUT2D eigenvalue weighted by molar-refractivity contribution is 6.22. The van der Waals surface area contributed by atoms with E-state index in [1.807, 2.05) is 30.3 Å². The molecule has 0 bridgehead atoms. The fraction of sp³-hybridized carbons (Fsp3) is 0. The lowest BCUT2D eigenvalue weighted by Crippen LogP contribution is -1.91. The largest absolute Gasteiger partial charge is 0.454 e. The summed E-state index contributed by atoms with van der Waals surface area (Å²) < 4.78 is 6.52. The average Bonchev–Trinajstić information content (AvgIpc) is 3.54. The molecule has 10 aromatic rings. The molecule has 0 aliphatic carbocycles. The van der Waals surface area contributed by atoms with E-state index >= 15 is 0 Å². The van der Waals surface area contributed by atoms with Gasteiger partial charge in [-0.1, -0.05) is 121 Å². The van der Waals surface area contributed by atoms with Crippen LogP contribution in [0.5, 0.6) is 0 Å². The first-order valence-electron chi connectivity index (χ1n) is 15.8. The summed E-state index contributed by atoms with van der Waals surface area (Å²) in [4.78, 5) is 15.4. The maximum atomic E-state index is 6.52. The predicted octanol–water partition coefficient (Wildman–Crippen LogP) is 11.4. The van der Waals surface area contributed by atoms with E-state index < -0.39 is 0 Å². The highest BCUT2D eigenvalue weighted by Gasteiger charge is 2.18. The van der Waals surface area contributed by atoms with Crippen molar-refractivity contribution < 1.29 is 4.42 Å². The summed E-state index contributed by atoms with van der Waals surface area (Å²) in [5.74, 6) is 0. The van der Waals surface area contributed by atoms with Crippen LogP contribution >= 0.6 is 0 Å². The number of nitrogens with zero attached hydrogens (tertiary/aromatic N) is 3. The molecule has 0 spiro atoms. The van der Waals surface area contributed by atoms with Gasteiger partial charge in [0.25, 0.3) is 0 Å². The van der Waals surface area contributed by atoms with Gasteiger partial charge in [0.15, 0.2) is 5.58 Å². The van der Waals surface area contributed by atoms with E-state index in [4.69, 9.17) is 19.4 Å². The molecule has 6 aromatic carbocycles. The average molecular weight is 600 g/mol. The van der Waals surface area contributed by atoms with Crippen molar-refractivity contribution in [2.24, 2.45) is 0 Å². The van der Waals surface area contributed by atoms with Crippen LogP contribution in [-0.2, 0) is 0 Å². The number of hydrogen-bond acceptors (Lipinski definition) is 4. The number of pyridine rings is 3. The number of para-hydroxylation sites is 1. The predicted molar refractivity (Wildman–Crippen MR) is 193 cm³/mol. The lowest BCUT2D eigenvalue weighted by molar-refractivity contribution is 0.669. The standard InChI is InChI=1S/C43H25N3O/c1-2-8-26(9-3-1)35-22-20-28-18-19-29-21-23-36(45-41(29)40(28)44-35)27-14-16-30(17-15-27)42-43-39(33-12-6-7-13-38(33)47-43)34-24-31-10-4-5-11-32(31)25-37(34)46-42/h1-25H. The van der Waals surface area contributed by atoms with Crippen molar-refractivity contribution in [1.29, 1.82) is 0 Å². The highest BCUT2D eigenvalue weighted by atomic mass is 16.3. The van der Waals surface area contributed by atoms with Crippen LogP contribution in [-0.4, -0.2) is 15.0 Å². The molecular weight excluding hydrogens is 574 g/mol. The number of furan rings is 1. The number of aromatic nitrogens is 3. The summed E-state index contributed by atoms with van der Waals surface area (Å²) in [5, 5.41) is 7.79. The molecular formula is C43H25N3O. The van der Waals surface area contributed by atoms with Crippen LogP contribution in [0.2, 0.25) is 0 Å². The fourth-order valence-corrected chi connectivity index (χ4v) is 6.86. The minimum absolute atomic E-state index is 0.803. The Morgan fingerprint density at radius 3 is 1.70 bits per heavy atom. The third kappa shape index (κ3) is 4.12. The smallest absolute Gasteiger partial charge is 0.162 e. The molecule has 4 heteroatoms. The summed E-state index contributed by atoms with van der Waals surface area (Å²) in [6.45, 7) is 0. The first-order chi connectivity index (χ1) is 23.3. The van der Waals surface area contributed by atoms with Gasteiger partial charge in [-0.25, -0.2) is 15.0 Å². The van der Waals surface area contributed by atoms with Gasteiger partial charge in [-0.05, 0) is 41.1 Å². The monoisotopic (exact) mass is 599 g/mol. The Kier molecular flexibility index (Phi) is 5.54.